The topological polar surface area (TPSA) is 61.8 Å². The molecule has 0 amide bonds. The van der Waals surface area contributed by atoms with Gasteiger partial charge in [0.25, 0.3) is 0 Å². The highest BCUT2D eigenvalue weighted by atomic mass is 31.2. The van der Waals surface area contributed by atoms with Crippen LogP contribution in [0.3, 0.4) is 0 Å². The number of ether oxygens (including phenoxy) is 1. The summed E-state index contributed by atoms with van der Waals surface area (Å²) >= 11 is 0. The minimum Gasteiger partial charge on any atom is -0.460 e. The van der Waals surface area contributed by atoms with Crippen molar-refractivity contribution in [1.29, 1.82) is 0 Å². The Kier molecular flexibility index (Phi) is 8.33. The van der Waals surface area contributed by atoms with Crippen molar-refractivity contribution in [1.82, 2.24) is 0 Å². The van der Waals surface area contributed by atoms with Crippen LogP contribution in [0.15, 0.2) is 11.6 Å². The van der Waals surface area contributed by atoms with Crippen molar-refractivity contribution < 1.29 is 23.1 Å². The fraction of sp³-hybridized carbons (Fsp3) is 0.786. The molecule has 118 valence electrons. The molecule has 0 rings (SSSR count). The van der Waals surface area contributed by atoms with Crippen LogP contribution < -0.4 is 0 Å². The molecule has 0 bridgehead atoms. The van der Waals surface area contributed by atoms with Crippen molar-refractivity contribution >= 4 is 13.6 Å². The Morgan fingerprint density at radius 3 is 1.80 bits per heavy atom. The van der Waals surface area contributed by atoms with Crippen molar-refractivity contribution in [3.63, 3.8) is 0 Å². The van der Waals surface area contributed by atoms with Crippen molar-refractivity contribution in [2.45, 2.75) is 66.8 Å². The molecule has 0 aromatic carbocycles. The highest BCUT2D eigenvalue weighted by molar-refractivity contribution is 7.54. The second kappa shape index (κ2) is 8.60. The lowest BCUT2D eigenvalue weighted by Gasteiger charge is -2.23. The van der Waals surface area contributed by atoms with Crippen molar-refractivity contribution in [2.24, 2.45) is 0 Å². The van der Waals surface area contributed by atoms with Crippen LogP contribution in [0.1, 0.15) is 48.5 Å². The summed E-state index contributed by atoms with van der Waals surface area (Å²) in [6, 6.07) is 0. The SMILES string of the molecule is CC(=CC(=O)OC(C)C)CP(=O)(OC(C)C)OC(C)C. The second-order valence-corrected chi connectivity index (χ2v) is 7.51. The number of esters is 1. The third kappa shape index (κ3) is 9.29. The minimum absolute atomic E-state index is 0.0799. The normalized spacial score (nSPS) is 13.4. The number of carbonyl (C=O) groups excluding carboxylic acids is 1. The zero-order valence-electron chi connectivity index (χ0n) is 13.5. The summed E-state index contributed by atoms with van der Waals surface area (Å²) in [5.74, 6) is -0.446. The van der Waals surface area contributed by atoms with Gasteiger partial charge in [0.2, 0.25) is 0 Å². The van der Waals surface area contributed by atoms with E-state index in [1.54, 1.807) is 48.5 Å². The number of rotatable bonds is 8. The van der Waals surface area contributed by atoms with E-state index in [-0.39, 0.29) is 24.5 Å². The zero-order valence-corrected chi connectivity index (χ0v) is 14.4. The maximum Gasteiger partial charge on any atom is 0.335 e. The van der Waals surface area contributed by atoms with Gasteiger partial charge in [-0.3, -0.25) is 4.57 Å². The van der Waals surface area contributed by atoms with Crippen LogP contribution in [-0.4, -0.2) is 30.4 Å². The summed E-state index contributed by atoms with van der Waals surface area (Å²) in [4.78, 5) is 11.5. The van der Waals surface area contributed by atoms with Crippen LogP contribution in [-0.2, 0) is 23.1 Å². The first-order valence-corrected chi connectivity index (χ1v) is 8.60. The molecule has 0 aliphatic heterocycles. The average molecular weight is 306 g/mol. The van der Waals surface area contributed by atoms with E-state index >= 15 is 0 Å². The van der Waals surface area contributed by atoms with E-state index in [2.05, 4.69) is 0 Å². The van der Waals surface area contributed by atoms with Gasteiger partial charge in [-0.2, -0.15) is 0 Å². The first kappa shape index (κ1) is 19.4. The van der Waals surface area contributed by atoms with Gasteiger partial charge >= 0.3 is 13.6 Å². The average Bonchev–Trinajstić information content (AvgIpc) is 2.09. The summed E-state index contributed by atoms with van der Waals surface area (Å²) in [7, 11) is -3.25. The smallest absolute Gasteiger partial charge is 0.335 e. The summed E-state index contributed by atoms with van der Waals surface area (Å²) in [5, 5.41) is 0. The molecule has 0 N–H and O–H groups in total. The molecule has 0 saturated carbocycles. The lowest BCUT2D eigenvalue weighted by atomic mass is 10.3. The fourth-order valence-electron chi connectivity index (χ4n) is 1.56. The Morgan fingerprint density at radius 2 is 1.45 bits per heavy atom. The van der Waals surface area contributed by atoms with Gasteiger partial charge in [-0.25, -0.2) is 4.79 Å². The zero-order chi connectivity index (χ0) is 15.9. The molecule has 0 radical (unpaired) electrons. The number of hydrogen-bond donors (Lipinski definition) is 0. The van der Waals surface area contributed by atoms with E-state index in [1.165, 1.54) is 6.08 Å². The third-order valence-corrected chi connectivity index (χ3v) is 4.27. The summed E-state index contributed by atoms with van der Waals surface area (Å²) < 4.78 is 28.5. The maximum atomic E-state index is 12.6. The van der Waals surface area contributed by atoms with Crippen LogP contribution in [0.5, 0.6) is 0 Å². The standard InChI is InChI=1S/C14H27O5P/c1-10(2)17-14(15)8-13(7)9-20(16,18-11(3)4)19-12(5)6/h8,10-12H,9H2,1-7H3. The number of hydrogen-bond acceptors (Lipinski definition) is 5. The quantitative estimate of drug-likeness (QED) is 0.386. The van der Waals surface area contributed by atoms with Gasteiger partial charge in [-0.05, 0) is 48.5 Å². The fourth-order valence-corrected chi connectivity index (χ4v) is 3.75. The molecule has 6 heteroatoms. The molecule has 0 aliphatic rings. The second-order valence-electron chi connectivity index (χ2n) is 5.55. The van der Waals surface area contributed by atoms with Crippen LogP contribution >= 0.6 is 7.60 Å². The maximum absolute atomic E-state index is 12.6. The molecule has 0 saturated heterocycles. The highest BCUT2D eigenvalue weighted by Gasteiger charge is 2.28. The Morgan fingerprint density at radius 1 is 1.00 bits per heavy atom. The minimum atomic E-state index is -3.25. The van der Waals surface area contributed by atoms with Crippen molar-refractivity contribution in [3.05, 3.63) is 11.6 Å². The lowest BCUT2D eigenvalue weighted by molar-refractivity contribution is -0.141. The van der Waals surface area contributed by atoms with Crippen LogP contribution in [0.25, 0.3) is 0 Å². The summed E-state index contributed by atoms with van der Waals surface area (Å²) in [5.41, 5.74) is 0.611. The van der Waals surface area contributed by atoms with E-state index in [4.69, 9.17) is 13.8 Å². The van der Waals surface area contributed by atoms with E-state index in [0.717, 1.165) is 0 Å². The van der Waals surface area contributed by atoms with Crippen molar-refractivity contribution in [2.75, 3.05) is 6.16 Å². The summed E-state index contributed by atoms with van der Waals surface area (Å²) in [6.07, 6.45) is 0.804. The number of carbonyl (C=O) groups is 1. The molecule has 0 aromatic rings. The molecular weight excluding hydrogens is 279 g/mol. The molecule has 0 spiro atoms. The Balaban J connectivity index is 4.84. The molecule has 0 aliphatic carbocycles. The first-order chi connectivity index (χ1) is 9.04. The molecule has 0 fully saturated rings. The van der Waals surface area contributed by atoms with Gasteiger partial charge < -0.3 is 13.8 Å². The Hall–Kier alpha value is -0.640. The number of allylic oxidation sites excluding steroid dienone is 1. The van der Waals surface area contributed by atoms with E-state index in [9.17, 15) is 9.36 Å². The van der Waals surface area contributed by atoms with Gasteiger partial charge in [0.05, 0.1) is 24.5 Å². The Labute approximate surface area is 122 Å². The van der Waals surface area contributed by atoms with Gasteiger partial charge in [0.15, 0.2) is 0 Å². The predicted octanol–water partition coefficient (Wildman–Crippen LogP) is 3.93. The van der Waals surface area contributed by atoms with Gasteiger partial charge in [0.1, 0.15) is 0 Å². The van der Waals surface area contributed by atoms with Crippen LogP contribution in [0.4, 0.5) is 0 Å². The molecule has 0 heterocycles. The lowest BCUT2D eigenvalue weighted by Crippen LogP contribution is -2.12. The van der Waals surface area contributed by atoms with Gasteiger partial charge in [0, 0.05) is 6.08 Å². The van der Waals surface area contributed by atoms with Crippen molar-refractivity contribution in [3.8, 4) is 0 Å². The molecule has 20 heavy (non-hydrogen) atoms. The van der Waals surface area contributed by atoms with Crippen LogP contribution in [0, 0.1) is 0 Å². The van der Waals surface area contributed by atoms with E-state index < -0.39 is 13.6 Å². The summed E-state index contributed by atoms with van der Waals surface area (Å²) in [6.45, 7) is 12.4. The molecule has 0 unspecified atom stereocenters. The molecular formula is C14H27O5P. The highest BCUT2D eigenvalue weighted by Crippen LogP contribution is 2.51. The monoisotopic (exact) mass is 306 g/mol. The predicted molar refractivity (Wildman–Crippen MR) is 79.9 cm³/mol. The molecule has 0 aromatic heterocycles. The molecule has 5 nitrogen and oxygen atoms in total. The van der Waals surface area contributed by atoms with E-state index in [1.807, 2.05) is 0 Å². The molecule has 0 atom stereocenters. The van der Waals surface area contributed by atoms with Gasteiger partial charge in [-0.1, -0.05) is 5.57 Å². The third-order valence-electron chi connectivity index (χ3n) is 1.90. The van der Waals surface area contributed by atoms with E-state index in [0.29, 0.717) is 5.57 Å². The van der Waals surface area contributed by atoms with Gasteiger partial charge in [-0.15, -0.1) is 0 Å². The Bertz CT molecular complexity index is 371. The first-order valence-electron chi connectivity index (χ1n) is 6.87. The largest absolute Gasteiger partial charge is 0.460 e. The van der Waals surface area contributed by atoms with Crippen LogP contribution in [0.2, 0.25) is 0 Å².